The van der Waals surface area contributed by atoms with Crippen molar-refractivity contribution in [3.8, 4) is 0 Å². The second kappa shape index (κ2) is 5.65. The number of amides is 2. The summed E-state index contributed by atoms with van der Waals surface area (Å²) < 4.78 is 0. The Morgan fingerprint density at radius 1 is 1.19 bits per heavy atom. The van der Waals surface area contributed by atoms with E-state index >= 15 is 0 Å². The highest BCUT2D eigenvalue weighted by Gasteiger charge is 2.35. The largest absolute Gasteiger partial charge is 0.362 e. The van der Waals surface area contributed by atoms with E-state index in [2.05, 4.69) is 17.2 Å². The predicted octanol–water partition coefficient (Wildman–Crippen LogP) is 2.76. The van der Waals surface area contributed by atoms with Gasteiger partial charge in [0.1, 0.15) is 0 Å². The minimum atomic E-state index is -0.230. The first kappa shape index (κ1) is 13.8. The van der Waals surface area contributed by atoms with Crippen molar-refractivity contribution < 1.29 is 9.59 Å². The smallest absolute Gasteiger partial charge is 0.261 e. The molecular weight excluding hydrogens is 286 g/mol. The number of aromatic nitrogens is 1. The summed E-state index contributed by atoms with van der Waals surface area (Å²) in [5.41, 5.74) is 0.965. The van der Waals surface area contributed by atoms with Crippen LogP contribution in [0.2, 0.25) is 0 Å². The molecule has 108 valence electrons. The Balaban J connectivity index is 1.76. The van der Waals surface area contributed by atoms with E-state index in [1.54, 1.807) is 30.5 Å². The van der Waals surface area contributed by atoms with Crippen LogP contribution >= 0.6 is 11.3 Å². The van der Waals surface area contributed by atoms with Crippen molar-refractivity contribution >= 4 is 28.3 Å². The maximum atomic E-state index is 12.3. The first-order chi connectivity index (χ1) is 10.2. The summed E-state index contributed by atoms with van der Waals surface area (Å²) in [7, 11) is 0. The van der Waals surface area contributed by atoms with E-state index in [-0.39, 0.29) is 18.4 Å². The van der Waals surface area contributed by atoms with E-state index in [0.717, 1.165) is 23.0 Å². The molecule has 0 unspecified atom stereocenters. The molecule has 5 nitrogen and oxygen atoms in total. The van der Waals surface area contributed by atoms with E-state index in [4.69, 9.17) is 0 Å². The molecule has 0 saturated heterocycles. The summed E-state index contributed by atoms with van der Waals surface area (Å²) >= 11 is 1.47. The highest BCUT2D eigenvalue weighted by atomic mass is 32.1. The van der Waals surface area contributed by atoms with Gasteiger partial charge in [-0.05, 0) is 18.6 Å². The normalized spacial score (nSPS) is 13.7. The van der Waals surface area contributed by atoms with Gasteiger partial charge in [-0.3, -0.25) is 14.5 Å². The Kier molecular flexibility index (Phi) is 3.70. The van der Waals surface area contributed by atoms with Gasteiger partial charge in [0.25, 0.3) is 11.8 Å². The van der Waals surface area contributed by atoms with Gasteiger partial charge in [-0.25, -0.2) is 4.98 Å². The van der Waals surface area contributed by atoms with Crippen LogP contribution in [0.25, 0.3) is 0 Å². The lowest BCUT2D eigenvalue weighted by atomic mass is 10.1. The second-order valence-electron chi connectivity index (χ2n) is 4.80. The van der Waals surface area contributed by atoms with Crippen LogP contribution in [0.4, 0.5) is 5.13 Å². The van der Waals surface area contributed by atoms with Gasteiger partial charge in [-0.2, -0.15) is 0 Å². The number of rotatable bonds is 5. The topological polar surface area (TPSA) is 62.3 Å². The third kappa shape index (κ3) is 2.54. The molecule has 0 bridgehead atoms. The zero-order valence-electron chi connectivity index (χ0n) is 11.6. The number of nitrogens with one attached hydrogen (secondary N) is 1. The van der Waals surface area contributed by atoms with Gasteiger partial charge in [0.15, 0.2) is 5.13 Å². The van der Waals surface area contributed by atoms with E-state index in [9.17, 15) is 9.59 Å². The summed E-state index contributed by atoms with van der Waals surface area (Å²) in [6.45, 7) is 3.22. The average Bonchev–Trinajstić information content (AvgIpc) is 3.05. The van der Waals surface area contributed by atoms with Crippen LogP contribution in [0.3, 0.4) is 0 Å². The van der Waals surface area contributed by atoms with Crippen LogP contribution in [0.1, 0.15) is 38.9 Å². The molecule has 0 spiro atoms. The van der Waals surface area contributed by atoms with E-state index in [1.807, 2.05) is 0 Å². The molecule has 2 amide bonds. The molecule has 0 atom stereocenters. The zero-order chi connectivity index (χ0) is 14.8. The van der Waals surface area contributed by atoms with Crippen LogP contribution in [0.15, 0.2) is 30.5 Å². The summed E-state index contributed by atoms with van der Waals surface area (Å²) in [5.74, 6) is -0.459. The minimum Gasteiger partial charge on any atom is -0.362 e. The Labute approximate surface area is 126 Å². The molecule has 1 N–H and O–H groups in total. The van der Waals surface area contributed by atoms with Gasteiger partial charge in [-0.15, -0.1) is 11.3 Å². The van der Waals surface area contributed by atoms with Crippen molar-refractivity contribution in [1.82, 2.24) is 9.88 Å². The van der Waals surface area contributed by atoms with Gasteiger partial charge in [0.05, 0.1) is 17.7 Å². The molecule has 1 aromatic heterocycles. The first-order valence-electron chi connectivity index (χ1n) is 6.84. The third-order valence-electron chi connectivity index (χ3n) is 3.27. The molecule has 0 radical (unpaired) electrons. The fourth-order valence-electron chi connectivity index (χ4n) is 2.23. The molecule has 3 rings (SSSR count). The van der Waals surface area contributed by atoms with Crippen LogP contribution in [0.5, 0.6) is 0 Å². The second-order valence-corrected chi connectivity index (χ2v) is 5.92. The number of anilines is 1. The van der Waals surface area contributed by atoms with Crippen molar-refractivity contribution in [3.63, 3.8) is 0 Å². The number of nitrogens with zero attached hydrogens (tertiary/aromatic N) is 2. The lowest BCUT2D eigenvalue weighted by Crippen LogP contribution is -2.28. The lowest BCUT2D eigenvalue weighted by Gasteiger charge is -2.11. The molecule has 2 aromatic rings. The van der Waals surface area contributed by atoms with Gasteiger partial charge in [-0.1, -0.05) is 19.1 Å². The van der Waals surface area contributed by atoms with E-state index in [0.29, 0.717) is 11.1 Å². The van der Waals surface area contributed by atoms with Crippen LogP contribution in [-0.4, -0.2) is 28.2 Å². The minimum absolute atomic E-state index is 0.230. The SMILES string of the molecule is CCCNc1ncc(CN2C(=O)c3ccccc3C2=O)s1. The molecule has 0 aliphatic carbocycles. The lowest BCUT2D eigenvalue weighted by molar-refractivity contribution is 0.0644. The first-order valence-corrected chi connectivity index (χ1v) is 7.66. The average molecular weight is 301 g/mol. The number of benzene rings is 1. The molecule has 2 heterocycles. The number of carbonyl (C=O) groups excluding carboxylic acids is 2. The van der Waals surface area contributed by atoms with Crippen LogP contribution in [-0.2, 0) is 6.54 Å². The molecule has 1 aliphatic rings. The van der Waals surface area contributed by atoms with Crippen molar-refractivity contribution in [3.05, 3.63) is 46.5 Å². The number of thiazole rings is 1. The maximum absolute atomic E-state index is 12.3. The van der Waals surface area contributed by atoms with Crippen LogP contribution < -0.4 is 5.32 Å². The summed E-state index contributed by atoms with van der Waals surface area (Å²) in [6.07, 6.45) is 2.74. The summed E-state index contributed by atoms with van der Waals surface area (Å²) in [5, 5.41) is 4.02. The maximum Gasteiger partial charge on any atom is 0.261 e. The number of hydrogen-bond acceptors (Lipinski definition) is 5. The number of hydrogen-bond donors (Lipinski definition) is 1. The fourth-order valence-corrected chi connectivity index (χ4v) is 3.06. The molecule has 1 aromatic carbocycles. The Hall–Kier alpha value is -2.21. The van der Waals surface area contributed by atoms with Gasteiger partial charge < -0.3 is 5.32 Å². The van der Waals surface area contributed by atoms with Gasteiger partial charge >= 0.3 is 0 Å². The molecule has 1 aliphatic heterocycles. The van der Waals surface area contributed by atoms with E-state index in [1.165, 1.54) is 16.2 Å². The van der Waals surface area contributed by atoms with Crippen molar-refractivity contribution in [1.29, 1.82) is 0 Å². The molecule has 0 saturated carbocycles. The monoisotopic (exact) mass is 301 g/mol. The Morgan fingerprint density at radius 2 is 1.86 bits per heavy atom. The van der Waals surface area contributed by atoms with Crippen molar-refractivity contribution in [2.75, 3.05) is 11.9 Å². The third-order valence-corrected chi connectivity index (χ3v) is 4.21. The number of fused-ring (bicyclic) bond motifs is 1. The zero-order valence-corrected chi connectivity index (χ0v) is 12.4. The highest BCUT2D eigenvalue weighted by Crippen LogP contribution is 2.26. The predicted molar refractivity (Wildman–Crippen MR) is 81.5 cm³/mol. The molecule has 21 heavy (non-hydrogen) atoms. The molecular formula is C15H15N3O2S. The van der Waals surface area contributed by atoms with Crippen LogP contribution in [0, 0.1) is 0 Å². The Morgan fingerprint density at radius 3 is 2.48 bits per heavy atom. The summed E-state index contributed by atoms with van der Waals surface area (Å²) in [4.78, 5) is 31.0. The standard InChI is InChI=1S/C15H15N3O2S/c1-2-7-16-15-17-8-10(21-15)9-18-13(19)11-5-3-4-6-12(11)14(18)20/h3-6,8H,2,7,9H2,1H3,(H,16,17). The molecule has 0 fully saturated rings. The highest BCUT2D eigenvalue weighted by molar-refractivity contribution is 7.15. The summed E-state index contributed by atoms with van der Waals surface area (Å²) in [6, 6.07) is 6.92. The van der Waals surface area contributed by atoms with Gasteiger partial charge in [0, 0.05) is 17.6 Å². The van der Waals surface area contributed by atoms with Crippen molar-refractivity contribution in [2.45, 2.75) is 19.9 Å². The number of carbonyl (C=O) groups is 2. The van der Waals surface area contributed by atoms with E-state index < -0.39 is 0 Å². The quantitative estimate of drug-likeness (QED) is 0.863. The Bertz CT molecular complexity index is 661. The number of imide groups is 1. The van der Waals surface area contributed by atoms with Crippen molar-refractivity contribution in [2.24, 2.45) is 0 Å². The molecule has 6 heteroatoms. The fraction of sp³-hybridized carbons (Fsp3) is 0.267. The van der Waals surface area contributed by atoms with Gasteiger partial charge in [0.2, 0.25) is 0 Å².